The van der Waals surface area contributed by atoms with Crippen LogP contribution in [0.1, 0.15) is 239 Å². The molecule has 75 heavy (non-hydrogen) atoms. The van der Waals surface area contributed by atoms with Crippen LogP contribution in [0.15, 0.2) is 109 Å². The number of nitrogens with zero attached hydrogens (tertiary/aromatic N) is 1. The van der Waals surface area contributed by atoms with E-state index in [4.69, 9.17) is 13.8 Å². The number of allylic oxidation sites excluding steroid dienone is 17. The number of phosphoric acid groups is 1. The predicted molar refractivity (Wildman–Crippen MR) is 320 cm³/mol. The van der Waals surface area contributed by atoms with Crippen LogP contribution in [-0.4, -0.2) is 69.4 Å². The summed E-state index contributed by atoms with van der Waals surface area (Å²) in [5.74, 6) is -0.612. The molecule has 0 fully saturated rings. The SMILES string of the molecule is CC/C=C\C/C=C\C/C=C\C/C=C\C/C=C\C/C=C\CCCCC(=O)OC(/C=C\CCCCCCCCCCCCC)C(COP(=O)([O-])OCC[N+](C)(C)C)NC(=O)CCCCCCCC/C=C/C=C/CCCCC. The summed E-state index contributed by atoms with van der Waals surface area (Å²) in [6.45, 7) is 6.65. The van der Waals surface area contributed by atoms with Gasteiger partial charge >= 0.3 is 5.97 Å². The van der Waals surface area contributed by atoms with E-state index in [0.29, 0.717) is 23.9 Å². The monoisotopic (exact) mass is 1060 g/mol. The van der Waals surface area contributed by atoms with Gasteiger partial charge in [-0.1, -0.05) is 227 Å². The highest BCUT2D eigenvalue weighted by atomic mass is 31.2. The molecule has 1 N–H and O–H groups in total. The summed E-state index contributed by atoms with van der Waals surface area (Å²) in [4.78, 5) is 39.9. The van der Waals surface area contributed by atoms with E-state index in [0.717, 1.165) is 116 Å². The number of phosphoric ester groups is 1. The number of unbranched alkanes of at least 4 members (excludes halogenated alkanes) is 22. The van der Waals surface area contributed by atoms with Crippen molar-refractivity contribution in [3.05, 3.63) is 109 Å². The second kappa shape index (κ2) is 54.0. The number of carbonyl (C=O) groups excluding carboxylic acids is 2. The van der Waals surface area contributed by atoms with Gasteiger partial charge in [-0.05, 0) is 109 Å². The lowest BCUT2D eigenvalue weighted by molar-refractivity contribution is -0.870. The van der Waals surface area contributed by atoms with Crippen LogP contribution in [0.5, 0.6) is 0 Å². The molecule has 0 aromatic carbocycles. The molecule has 9 nitrogen and oxygen atoms in total. The van der Waals surface area contributed by atoms with Crippen molar-refractivity contribution in [2.75, 3.05) is 40.9 Å². The number of amides is 1. The van der Waals surface area contributed by atoms with Crippen molar-refractivity contribution >= 4 is 19.7 Å². The van der Waals surface area contributed by atoms with Gasteiger partial charge in [0.25, 0.3) is 7.82 Å². The van der Waals surface area contributed by atoms with E-state index < -0.39 is 26.6 Å². The Morgan fingerprint density at radius 1 is 0.493 bits per heavy atom. The molecule has 0 rings (SSSR count). The molecule has 3 atom stereocenters. The van der Waals surface area contributed by atoms with Crippen LogP contribution in [0, 0.1) is 0 Å². The van der Waals surface area contributed by atoms with E-state index in [1.807, 2.05) is 33.3 Å². The second-order valence-electron chi connectivity index (χ2n) is 21.1. The van der Waals surface area contributed by atoms with E-state index in [9.17, 15) is 19.0 Å². The Morgan fingerprint density at radius 2 is 0.893 bits per heavy atom. The fraction of sp³-hybridized carbons (Fsp3) is 0.692. The lowest BCUT2D eigenvalue weighted by Gasteiger charge is -2.30. The van der Waals surface area contributed by atoms with Crippen LogP contribution in [0.3, 0.4) is 0 Å². The van der Waals surface area contributed by atoms with Gasteiger partial charge in [-0.3, -0.25) is 14.2 Å². The van der Waals surface area contributed by atoms with E-state index in [1.165, 1.54) is 77.0 Å². The average Bonchev–Trinajstić information content (AvgIpc) is 3.37. The Balaban J connectivity index is 5.42. The topological polar surface area (TPSA) is 114 Å². The number of hydrogen-bond acceptors (Lipinski definition) is 7. The second-order valence-corrected chi connectivity index (χ2v) is 22.6. The number of esters is 1. The van der Waals surface area contributed by atoms with Gasteiger partial charge in [0.05, 0.1) is 33.8 Å². The molecule has 0 saturated heterocycles. The van der Waals surface area contributed by atoms with Crippen molar-refractivity contribution in [3.63, 3.8) is 0 Å². The van der Waals surface area contributed by atoms with Crippen LogP contribution in [0.4, 0.5) is 0 Å². The van der Waals surface area contributed by atoms with Gasteiger partial charge in [-0.2, -0.15) is 0 Å². The molecule has 0 saturated carbocycles. The summed E-state index contributed by atoms with van der Waals surface area (Å²) in [5, 5.41) is 3.00. The maximum atomic E-state index is 13.5. The summed E-state index contributed by atoms with van der Waals surface area (Å²) >= 11 is 0. The van der Waals surface area contributed by atoms with Gasteiger partial charge in [0, 0.05) is 12.8 Å². The van der Waals surface area contributed by atoms with Crippen molar-refractivity contribution in [1.29, 1.82) is 0 Å². The molecule has 1 amide bonds. The number of rotatable bonds is 53. The van der Waals surface area contributed by atoms with E-state index in [2.05, 4.69) is 123 Å². The number of carbonyl (C=O) groups is 2. The molecular formula is C65H113N2O7P. The summed E-state index contributed by atoms with van der Waals surface area (Å²) in [6.07, 6.45) is 73.4. The largest absolute Gasteiger partial charge is 0.756 e. The Morgan fingerprint density at radius 3 is 1.40 bits per heavy atom. The molecule has 0 aromatic rings. The number of hydrogen-bond donors (Lipinski definition) is 1. The highest BCUT2D eigenvalue weighted by Gasteiger charge is 2.27. The smallest absolute Gasteiger partial charge is 0.306 e. The first kappa shape index (κ1) is 71.7. The van der Waals surface area contributed by atoms with E-state index >= 15 is 0 Å². The van der Waals surface area contributed by atoms with Gasteiger partial charge in [-0.15, -0.1) is 0 Å². The summed E-state index contributed by atoms with van der Waals surface area (Å²) < 4.78 is 30.2. The molecule has 0 aliphatic heterocycles. The zero-order chi connectivity index (χ0) is 55.0. The number of quaternary nitrogens is 1. The minimum absolute atomic E-state index is 0.0373. The number of nitrogens with one attached hydrogen (secondary N) is 1. The van der Waals surface area contributed by atoms with Crippen molar-refractivity contribution in [1.82, 2.24) is 5.32 Å². The summed E-state index contributed by atoms with van der Waals surface area (Å²) in [7, 11) is 1.14. The Hall–Kier alpha value is -3.33. The molecule has 0 aliphatic carbocycles. The zero-order valence-electron chi connectivity index (χ0n) is 49.0. The van der Waals surface area contributed by atoms with Crippen LogP contribution in [-0.2, 0) is 27.9 Å². The lowest BCUT2D eigenvalue weighted by Crippen LogP contribution is -2.47. The fourth-order valence-corrected chi connectivity index (χ4v) is 8.77. The Bertz CT molecular complexity index is 1650. The minimum Gasteiger partial charge on any atom is -0.756 e. The molecule has 0 radical (unpaired) electrons. The fourth-order valence-electron chi connectivity index (χ4n) is 8.04. The molecule has 0 spiro atoms. The van der Waals surface area contributed by atoms with Crippen LogP contribution >= 0.6 is 7.82 Å². The van der Waals surface area contributed by atoms with Crippen LogP contribution in [0.25, 0.3) is 0 Å². The van der Waals surface area contributed by atoms with Crippen LogP contribution < -0.4 is 10.2 Å². The normalized spacial score (nSPS) is 14.5. The van der Waals surface area contributed by atoms with Crippen molar-refractivity contribution in [2.45, 2.75) is 251 Å². The van der Waals surface area contributed by atoms with Crippen molar-refractivity contribution in [3.8, 4) is 0 Å². The quantitative estimate of drug-likeness (QED) is 0.0161. The molecular weight excluding hydrogens is 952 g/mol. The van der Waals surface area contributed by atoms with Crippen molar-refractivity contribution < 1.29 is 37.3 Å². The molecule has 430 valence electrons. The van der Waals surface area contributed by atoms with Gasteiger partial charge in [0.15, 0.2) is 0 Å². The molecule has 0 aliphatic rings. The third-order valence-corrected chi connectivity index (χ3v) is 13.7. The molecule has 0 bridgehead atoms. The number of likely N-dealkylation sites (N-methyl/N-ethyl adjacent to an activating group) is 1. The zero-order valence-corrected chi connectivity index (χ0v) is 49.9. The third kappa shape index (κ3) is 55.2. The lowest BCUT2D eigenvalue weighted by atomic mass is 10.0. The molecule has 0 heterocycles. The van der Waals surface area contributed by atoms with Crippen LogP contribution in [0.2, 0.25) is 0 Å². The molecule has 10 heteroatoms. The van der Waals surface area contributed by atoms with Crippen molar-refractivity contribution in [2.24, 2.45) is 0 Å². The first-order valence-electron chi connectivity index (χ1n) is 30.2. The van der Waals surface area contributed by atoms with Gasteiger partial charge in [0.2, 0.25) is 5.91 Å². The predicted octanol–water partition coefficient (Wildman–Crippen LogP) is 17.9. The highest BCUT2D eigenvalue weighted by Crippen LogP contribution is 2.38. The third-order valence-electron chi connectivity index (χ3n) is 12.7. The average molecular weight is 1070 g/mol. The summed E-state index contributed by atoms with van der Waals surface area (Å²) in [5.41, 5.74) is 0. The Kier molecular flexibility index (Phi) is 51.6. The van der Waals surface area contributed by atoms with Gasteiger partial charge in [-0.25, -0.2) is 0 Å². The first-order chi connectivity index (χ1) is 36.4. The summed E-state index contributed by atoms with van der Waals surface area (Å²) in [6, 6.07) is -0.919. The highest BCUT2D eigenvalue weighted by molar-refractivity contribution is 7.45. The molecule has 0 aromatic heterocycles. The first-order valence-corrected chi connectivity index (χ1v) is 31.7. The van der Waals surface area contributed by atoms with Gasteiger partial charge < -0.3 is 28.5 Å². The Labute approximate surface area is 461 Å². The number of ether oxygens (including phenoxy) is 1. The molecule has 3 unspecified atom stereocenters. The maximum absolute atomic E-state index is 13.5. The standard InChI is InChI=1S/C65H113N2O7P/c1-7-10-13-16-19-22-25-28-30-31-32-33-34-35-37-40-43-46-49-52-55-58-65(69)74-63(56-53-50-47-44-41-38-27-24-21-18-15-12-9-3)62(61-73-75(70,71)72-60-59-67(4,5)6)66-64(68)57-54-51-48-45-42-39-36-29-26-23-20-17-14-11-8-2/h10,13,19-20,22-23,26,28-30,32-33,35,37,43,46,53,56,62-63H,7-9,11-12,14-18,21,24-25,27,31,34,36,38-42,44-45,47-52,54-55,57-61H2,1-6H3,(H-,66,68,70,71)/b13-10-,22-19-,23-20+,29-26+,30-28-,33-32-,37-35-,46-43-,56-53-. The van der Waals surface area contributed by atoms with E-state index in [1.54, 1.807) is 0 Å². The van der Waals surface area contributed by atoms with E-state index in [-0.39, 0.29) is 31.3 Å². The maximum Gasteiger partial charge on any atom is 0.306 e. The van der Waals surface area contributed by atoms with Gasteiger partial charge in [0.1, 0.15) is 19.3 Å². The minimum atomic E-state index is -4.72.